The lowest BCUT2D eigenvalue weighted by molar-refractivity contribution is 0.101. The standard InChI is InChI=1S/C26H24O3/c1-4-19-9-11-20(12-10-19)15-24-25(27)22-13-14-23(18(3)26(22)29-24)28-16-21-8-6-5-7-17(21)2/h5-15H,4,16H2,1-3H3/b24-15-. The van der Waals surface area contributed by atoms with Crippen molar-refractivity contribution in [3.05, 3.63) is 99.8 Å². The molecule has 146 valence electrons. The molecule has 3 aromatic rings. The van der Waals surface area contributed by atoms with Crippen molar-refractivity contribution in [2.75, 3.05) is 0 Å². The fourth-order valence-electron chi connectivity index (χ4n) is 3.45. The summed E-state index contributed by atoms with van der Waals surface area (Å²) in [6.45, 7) is 6.60. The number of hydrogen-bond donors (Lipinski definition) is 0. The van der Waals surface area contributed by atoms with Crippen LogP contribution in [0.2, 0.25) is 0 Å². The zero-order valence-corrected chi connectivity index (χ0v) is 17.0. The Morgan fingerprint density at radius 3 is 2.45 bits per heavy atom. The normalized spacial score (nSPS) is 14.0. The van der Waals surface area contributed by atoms with Crippen LogP contribution in [-0.2, 0) is 13.0 Å². The second-order valence-electron chi connectivity index (χ2n) is 7.32. The largest absolute Gasteiger partial charge is 0.488 e. The van der Waals surface area contributed by atoms with E-state index in [0.717, 1.165) is 28.9 Å². The molecule has 1 aliphatic rings. The number of carbonyl (C=O) groups excluding carboxylic acids is 1. The Kier molecular flexibility index (Phi) is 5.22. The number of aryl methyl sites for hydroxylation is 2. The van der Waals surface area contributed by atoms with Gasteiger partial charge in [-0.1, -0.05) is 55.5 Å². The Labute approximate surface area is 171 Å². The molecule has 0 radical (unpaired) electrons. The highest BCUT2D eigenvalue weighted by molar-refractivity contribution is 6.14. The van der Waals surface area contributed by atoms with Gasteiger partial charge >= 0.3 is 0 Å². The molecule has 3 heteroatoms. The first-order valence-electron chi connectivity index (χ1n) is 9.91. The lowest BCUT2D eigenvalue weighted by Crippen LogP contribution is -2.00. The lowest BCUT2D eigenvalue weighted by atomic mass is 10.0. The van der Waals surface area contributed by atoms with Gasteiger partial charge in [-0.3, -0.25) is 4.79 Å². The van der Waals surface area contributed by atoms with Crippen molar-refractivity contribution in [3.63, 3.8) is 0 Å². The van der Waals surface area contributed by atoms with E-state index in [1.54, 1.807) is 12.1 Å². The van der Waals surface area contributed by atoms with Crippen LogP contribution in [0.3, 0.4) is 0 Å². The summed E-state index contributed by atoms with van der Waals surface area (Å²) in [7, 11) is 0. The summed E-state index contributed by atoms with van der Waals surface area (Å²) in [4.78, 5) is 12.8. The van der Waals surface area contributed by atoms with Crippen LogP contribution >= 0.6 is 0 Å². The van der Waals surface area contributed by atoms with Crippen molar-refractivity contribution in [1.82, 2.24) is 0 Å². The van der Waals surface area contributed by atoms with Gasteiger partial charge in [-0.25, -0.2) is 0 Å². The molecule has 0 spiro atoms. The highest BCUT2D eigenvalue weighted by Crippen LogP contribution is 2.39. The minimum atomic E-state index is -0.0897. The maximum Gasteiger partial charge on any atom is 0.231 e. The summed E-state index contributed by atoms with van der Waals surface area (Å²) in [5, 5.41) is 0. The van der Waals surface area contributed by atoms with E-state index in [0.29, 0.717) is 23.7 Å². The van der Waals surface area contributed by atoms with Gasteiger partial charge in [0.05, 0.1) is 5.56 Å². The maximum absolute atomic E-state index is 12.8. The van der Waals surface area contributed by atoms with Gasteiger partial charge in [-0.2, -0.15) is 0 Å². The van der Waals surface area contributed by atoms with Crippen LogP contribution < -0.4 is 9.47 Å². The molecule has 3 aromatic carbocycles. The molecule has 0 fully saturated rings. The van der Waals surface area contributed by atoms with Gasteiger partial charge < -0.3 is 9.47 Å². The van der Waals surface area contributed by atoms with Crippen LogP contribution in [0.4, 0.5) is 0 Å². The molecule has 0 unspecified atom stereocenters. The van der Waals surface area contributed by atoms with E-state index in [4.69, 9.17) is 9.47 Å². The third-order valence-corrected chi connectivity index (χ3v) is 5.37. The van der Waals surface area contributed by atoms with E-state index in [9.17, 15) is 4.79 Å². The molecule has 0 saturated heterocycles. The van der Waals surface area contributed by atoms with Crippen molar-refractivity contribution < 1.29 is 14.3 Å². The van der Waals surface area contributed by atoms with Gasteiger partial charge in [-0.15, -0.1) is 0 Å². The van der Waals surface area contributed by atoms with Gasteiger partial charge in [-0.05, 0) is 60.7 Å². The van der Waals surface area contributed by atoms with E-state index in [2.05, 4.69) is 38.1 Å². The SMILES string of the molecule is CCc1ccc(/C=C2\Oc3c(ccc(OCc4ccccc4C)c3C)C2=O)cc1. The minimum Gasteiger partial charge on any atom is -0.488 e. The third-order valence-electron chi connectivity index (χ3n) is 5.37. The van der Waals surface area contributed by atoms with E-state index < -0.39 is 0 Å². The van der Waals surface area contributed by atoms with Gasteiger partial charge in [0, 0.05) is 5.56 Å². The smallest absolute Gasteiger partial charge is 0.231 e. The number of ether oxygens (including phenoxy) is 2. The van der Waals surface area contributed by atoms with Crippen LogP contribution in [0.1, 0.15) is 45.1 Å². The number of hydrogen-bond acceptors (Lipinski definition) is 3. The Balaban J connectivity index is 1.56. The van der Waals surface area contributed by atoms with Crippen molar-refractivity contribution in [2.24, 2.45) is 0 Å². The van der Waals surface area contributed by atoms with Crippen LogP contribution in [0, 0.1) is 13.8 Å². The molecule has 0 amide bonds. The van der Waals surface area contributed by atoms with Crippen LogP contribution in [0.5, 0.6) is 11.5 Å². The maximum atomic E-state index is 12.8. The van der Waals surface area contributed by atoms with Gasteiger partial charge in [0.1, 0.15) is 18.1 Å². The Hall–Kier alpha value is -3.33. The molecule has 3 nitrogen and oxygen atoms in total. The molecule has 4 rings (SSSR count). The fraction of sp³-hybridized carbons (Fsp3) is 0.192. The number of ketones is 1. The summed E-state index contributed by atoms with van der Waals surface area (Å²) in [6, 6.07) is 20.0. The Morgan fingerprint density at radius 1 is 0.966 bits per heavy atom. The van der Waals surface area contributed by atoms with Crippen LogP contribution in [-0.4, -0.2) is 5.78 Å². The summed E-state index contributed by atoms with van der Waals surface area (Å²) < 4.78 is 12.0. The van der Waals surface area contributed by atoms with Crippen molar-refractivity contribution in [3.8, 4) is 11.5 Å². The monoisotopic (exact) mass is 384 g/mol. The average Bonchev–Trinajstić information content (AvgIpc) is 3.05. The number of benzene rings is 3. The number of fused-ring (bicyclic) bond motifs is 1. The van der Waals surface area contributed by atoms with Crippen LogP contribution in [0.15, 0.2) is 66.4 Å². The summed E-state index contributed by atoms with van der Waals surface area (Å²) in [6.07, 6.45) is 2.79. The molecule has 0 N–H and O–H groups in total. The highest BCUT2D eigenvalue weighted by Gasteiger charge is 2.30. The van der Waals surface area contributed by atoms with Crippen LogP contribution in [0.25, 0.3) is 6.08 Å². The predicted octanol–water partition coefficient (Wildman–Crippen LogP) is 6.06. The average molecular weight is 384 g/mol. The second-order valence-corrected chi connectivity index (χ2v) is 7.32. The number of rotatable bonds is 5. The number of carbonyl (C=O) groups is 1. The first-order valence-corrected chi connectivity index (χ1v) is 9.91. The first-order chi connectivity index (χ1) is 14.1. The zero-order chi connectivity index (χ0) is 20.4. The second kappa shape index (κ2) is 7.96. The van der Waals surface area contributed by atoms with Crippen molar-refractivity contribution in [2.45, 2.75) is 33.8 Å². The Morgan fingerprint density at radius 2 is 1.72 bits per heavy atom. The number of Topliss-reactive ketones (excluding diaryl/α,β-unsaturated/α-hetero) is 1. The molecule has 0 atom stereocenters. The summed E-state index contributed by atoms with van der Waals surface area (Å²) >= 11 is 0. The van der Waals surface area contributed by atoms with E-state index in [1.807, 2.05) is 37.3 Å². The van der Waals surface area contributed by atoms with Gasteiger partial charge in [0.2, 0.25) is 5.78 Å². The molecule has 29 heavy (non-hydrogen) atoms. The minimum absolute atomic E-state index is 0.0897. The van der Waals surface area contributed by atoms with Crippen molar-refractivity contribution >= 4 is 11.9 Å². The molecular formula is C26H24O3. The molecule has 0 saturated carbocycles. The fourth-order valence-corrected chi connectivity index (χ4v) is 3.45. The van der Waals surface area contributed by atoms with Gasteiger partial charge in [0.25, 0.3) is 0 Å². The Bertz CT molecular complexity index is 1090. The molecule has 1 aliphatic heterocycles. The first kappa shape index (κ1) is 19.0. The molecule has 0 aromatic heterocycles. The third kappa shape index (κ3) is 3.81. The predicted molar refractivity (Wildman–Crippen MR) is 115 cm³/mol. The van der Waals surface area contributed by atoms with Crippen molar-refractivity contribution in [1.29, 1.82) is 0 Å². The highest BCUT2D eigenvalue weighted by atomic mass is 16.5. The summed E-state index contributed by atoms with van der Waals surface area (Å²) in [5.41, 5.74) is 5.97. The van der Waals surface area contributed by atoms with Gasteiger partial charge in [0.15, 0.2) is 5.76 Å². The lowest BCUT2D eigenvalue weighted by Gasteiger charge is -2.12. The van der Waals surface area contributed by atoms with E-state index >= 15 is 0 Å². The molecule has 0 bridgehead atoms. The summed E-state index contributed by atoms with van der Waals surface area (Å²) in [5.74, 6) is 1.58. The zero-order valence-electron chi connectivity index (χ0n) is 17.0. The topological polar surface area (TPSA) is 35.5 Å². The van der Waals surface area contributed by atoms with E-state index in [1.165, 1.54) is 11.1 Å². The number of allylic oxidation sites excluding steroid dienone is 1. The van der Waals surface area contributed by atoms with E-state index in [-0.39, 0.29) is 5.78 Å². The molecule has 1 heterocycles. The molecular weight excluding hydrogens is 360 g/mol. The molecule has 0 aliphatic carbocycles. The quantitative estimate of drug-likeness (QED) is 0.502.